The molecule has 0 atom stereocenters. The number of hydrogen-bond donors (Lipinski definition) is 1. The van der Waals surface area contributed by atoms with Crippen LogP contribution in [-0.2, 0) is 9.53 Å². The van der Waals surface area contributed by atoms with E-state index in [1.54, 1.807) is 28.7 Å². The van der Waals surface area contributed by atoms with E-state index in [-0.39, 0.29) is 17.5 Å². The third kappa shape index (κ3) is 5.31. The van der Waals surface area contributed by atoms with Crippen LogP contribution in [0.1, 0.15) is 50.2 Å². The van der Waals surface area contributed by atoms with Gasteiger partial charge in [-0.05, 0) is 62.7 Å². The molecule has 7 nitrogen and oxygen atoms in total. The van der Waals surface area contributed by atoms with Crippen molar-refractivity contribution in [3.8, 4) is 0 Å². The fraction of sp³-hybridized carbons (Fsp3) is 0.500. The van der Waals surface area contributed by atoms with Gasteiger partial charge in [-0.1, -0.05) is 37.0 Å². The number of ether oxygens (including phenoxy) is 1. The molecule has 0 aromatic carbocycles. The highest BCUT2D eigenvalue weighted by Crippen LogP contribution is 2.33. The summed E-state index contributed by atoms with van der Waals surface area (Å²) < 4.78 is 7.14. The van der Waals surface area contributed by atoms with Crippen LogP contribution in [0.15, 0.2) is 28.0 Å². The molecular formula is C24H30N4O3S2. The van der Waals surface area contributed by atoms with Crippen molar-refractivity contribution in [2.75, 3.05) is 25.6 Å². The number of nitrogens with one attached hydrogen (secondary N) is 1. The molecule has 2 aliphatic rings. The lowest BCUT2D eigenvalue weighted by atomic mass is 9.87. The molecule has 33 heavy (non-hydrogen) atoms. The van der Waals surface area contributed by atoms with Crippen LogP contribution < -0.4 is 10.9 Å². The van der Waals surface area contributed by atoms with Gasteiger partial charge in [0.15, 0.2) is 0 Å². The molecule has 1 aliphatic carbocycles. The van der Waals surface area contributed by atoms with Gasteiger partial charge in [0.25, 0.3) is 11.5 Å². The molecule has 0 unspecified atom stereocenters. The Morgan fingerprint density at radius 2 is 2.03 bits per heavy atom. The highest BCUT2D eigenvalue weighted by atomic mass is 32.2. The standard InChI is InChI=1S/C24H30N4O3S2/c1-15-5-8-17(9-6-15)25-21-18(22(29)28-14-16(2)7-10-20(28)26-21)13-19-23(30)27(24(32)33-19)11-4-12-31-3/h7,10,13-15,17,25H,4-6,8-9,11-12H2,1-3H3/b19-13+. The second kappa shape index (κ2) is 10.4. The van der Waals surface area contributed by atoms with Crippen molar-refractivity contribution >= 4 is 51.7 Å². The SMILES string of the molecule is COCCCN1C(=O)/C(=C\c2c(NC3CCC(C)CC3)nc3ccc(C)cn3c2=O)SC1=S. The highest BCUT2D eigenvalue weighted by molar-refractivity contribution is 8.26. The number of carbonyl (C=O) groups excluding carboxylic acids is 1. The summed E-state index contributed by atoms with van der Waals surface area (Å²) in [6.07, 6.45) is 8.52. The second-order valence-electron chi connectivity index (χ2n) is 8.89. The van der Waals surface area contributed by atoms with Crippen LogP contribution in [0.4, 0.5) is 5.82 Å². The Bertz CT molecular complexity index is 1150. The van der Waals surface area contributed by atoms with E-state index in [4.69, 9.17) is 21.9 Å². The number of pyridine rings is 1. The first-order valence-electron chi connectivity index (χ1n) is 11.4. The molecule has 3 heterocycles. The maximum absolute atomic E-state index is 13.5. The van der Waals surface area contributed by atoms with Gasteiger partial charge in [-0.2, -0.15) is 0 Å². The summed E-state index contributed by atoms with van der Waals surface area (Å²) in [5.41, 5.74) is 1.75. The largest absolute Gasteiger partial charge is 0.385 e. The number of anilines is 1. The van der Waals surface area contributed by atoms with Crippen molar-refractivity contribution in [2.24, 2.45) is 5.92 Å². The van der Waals surface area contributed by atoms with Crippen LogP contribution >= 0.6 is 24.0 Å². The molecule has 1 aliphatic heterocycles. The summed E-state index contributed by atoms with van der Waals surface area (Å²) in [7, 11) is 1.63. The fourth-order valence-electron chi connectivity index (χ4n) is 4.29. The predicted molar refractivity (Wildman–Crippen MR) is 138 cm³/mol. The summed E-state index contributed by atoms with van der Waals surface area (Å²) in [5, 5.41) is 3.52. The number of thiocarbonyl (C=S) groups is 1. The molecular weight excluding hydrogens is 456 g/mol. The number of thioether (sulfide) groups is 1. The van der Waals surface area contributed by atoms with Crippen molar-refractivity contribution in [2.45, 2.75) is 52.0 Å². The van der Waals surface area contributed by atoms with Crippen LogP contribution in [0, 0.1) is 12.8 Å². The summed E-state index contributed by atoms with van der Waals surface area (Å²) in [6.45, 7) is 5.26. The van der Waals surface area contributed by atoms with Gasteiger partial charge in [0, 0.05) is 32.5 Å². The van der Waals surface area contributed by atoms with E-state index < -0.39 is 0 Å². The molecule has 4 rings (SSSR count). The molecule has 1 N–H and O–H groups in total. The maximum Gasteiger partial charge on any atom is 0.267 e. The quantitative estimate of drug-likeness (QED) is 0.357. The van der Waals surface area contributed by atoms with Gasteiger partial charge in [-0.15, -0.1) is 0 Å². The van der Waals surface area contributed by atoms with Crippen LogP contribution in [-0.4, -0.2) is 50.8 Å². The van der Waals surface area contributed by atoms with E-state index in [2.05, 4.69) is 12.2 Å². The average molecular weight is 487 g/mol. The number of carbonyl (C=O) groups is 1. The third-order valence-electron chi connectivity index (χ3n) is 6.24. The summed E-state index contributed by atoms with van der Waals surface area (Å²) in [5.74, 6) is 1.08. The Labute approximate surface area is 203 Å². The minimum Gasteiger partial charge on any atom is -0.385 e. The molecule has 2 aromatic rings. The van der Waals surface area contributed by atoms with Crippen molar-refractivity contribution < 1.29 is 9.53 Å². The predicted octanol–water partition coefficient (Wildman–Crippen LogP) is 4.23. The molecule has 0 spiro atoms. The van der Waals surface area contributed by atoms with Crippen LogP contribution in [0.25, 0.3) is 11.7 Å². The first-order valence-corrected chi connectivity index (χ1v) is 12.6. The number of fused-ring (bicyclic) bond motifs is 1. The van der Waals surface area contributed by atoms with Gasteiger partial charge in [-0.25, -0.2) is 4.98 Å². The van der Waals surface area contributed by atoms with E-state index >= 15 is 0 Å². The summed E-state index contributed by atoms with van der Waals surface area (Å²) in [6, 6.07) is 4.06. The Kier molecular flexibility index (Phi) is 7.51. The lowest BCUT2D eigenvalue weighted by molar-refractivity contribution is -0.122. The number of rotatable bonds is 7. The van der Waals surface area contributed by atoms with Gasteiger partial charge in [0.2, 0.25) is 0 Å². The number of hydrogen-bond acceptors (Lipinski definition) is 7. The number of nitrogens with zero attached hydrogens (tertiary/aromatic N) is 3. The van der Waals surface area contributed by atoms with E-state index in [1.165, 1.54) is 11.8 Å². The second-order valence-corrected chi connectivity index (χ2v) is 10.6. The zero-order valence-electron chi connectivity index (χ0n) is 19.3. The number of amides is 1. The number of aromatic nitrogens is 2. The molecule has 0 radical (unpaired) electrons. The summed E-state index contributed by atoms with van der Waals surface area (Å²) in [4.78, 5) is 33.4. The molecule has 1 saturated carbocycles. The Morgan fingerprint density at radius 1 is 1.27 bits per heavy atom. The third-order valence-corrected chi connectivity index (χ3v) is 7.62. The number of methoxy groups -OCH3 is 1. The molecule has 176 valence electrons. The van der Waals surface area contributed by atoms with Crippen molar-refractivity contribution in [1.29, 1.82) is 0 Å². The monoisotopic (exact) mass is 486 g/mol. The average Bonchev–Trinajstić information content (AvgIpc) is 3.06. The van der Waals surface area contributed by atoms with Gasteiger partial charge < -0.3 is 10.1 Å². The van der Waals surface area contributed by atoms with Crippen LogP contribution in [0.3, 0.4) is 0 Å². The van der Waals surface area contributed by atoms with Gasteiger partial charge in [0.1, 0.15) is 15.8 Å². The van der Waals surface area contributed by atoms with Crippen LogP contribution in [0.5, 0.6) is 0 Å². The minimum absolute atomic E-state index is 0.174. The lowest BCUT2D eigenvalue weighted by Gasteiger charge is -2.27. The first-order chi connectivity index (χ1) is 15.9. The molecule has 0 bridgehead atoms. The lowest BCUT2D eigenvalue weighted by Crippen LogP contribution is -2.30. The molecule has 1 saturated heterocycles. The summed E-state index contributed by atoms with van der Waals surface area (Å²) >= 11 is 6.67. The maximum atomic E-state index is 13.5. The van der Waals surface area contributed by atoms with E-state index in [0.29, 0.717) is 45.8 Å². The van der Waals surface area contributed by atoms with E-state index in [0.717, 1.165) is 37.2 Å². The topological polar surface area (TPSA) is 75.9 Å². The first kappa shape index (κ1) is 23.9. The molecule has 9 heteroatoms. The van der Waals surface area contributed by atoms with Gasteiger partial charge in [-0.3, -0.25) is 18.9 Å². The van der Waals surface area contributed by atoms with E-state index in [9.17, 15) is 9.59 Å². The molecule has 1 amide bonds. The Morgan fingerprint density at radius 3 is 2.76 bits per heavy atom. The van der Waals surface area contributed by atoms with Crippen LogP contribution in [0.2, 0.25) is 0 Å². The van der Waals surface area contributed by atoms with Gasteiger partial charge >= 0.3 is 0 Å². The van der Waals surface area contributed by atoms with Gasteiger partial charge in [0.05, 0.1) is 10.5 Å². The zero-order valence-corrected chi connectivity index (χ0v) is 20.9. The minimum atomic E-state index is -0.194. The van der Waals surface area contributed by atoms with Crippen molar-refractivity contribution in [3.63, 3.8) is 0 Å². The zero-order chi connectivity index (χ0) is 23.5. The smallest absolute Gasteiger partial charge is 0.267 e. The normalized spacial score (nSPS) is 22.5. The molecule has 2 aromatic heterocycles. The fourth-order valence-corrected chi connectivity index (χ4v) is 5.58. The highest BCUT2D eigenvalue weighted by Gasteiger charge is 2.32. The number of aryl methyl sites for hydroxylation is 1. The van der Waals surface area contributed by atoms with Crippen molar-refractivity contribution in [1.82, 2.24) is 14.3 Å². The molecule has 2 fully saturated rings. The Hall–Kier alpha value is -2.23. The Balaban J connectivity index is 1.72. The van der Waals surface area contributed by atoms with Crippen molar-refractivity contribution in [3.05, 3.63) is 44.7 Å². The van der Waals surface area contributed by atoms with E-state index in [1.807, 2.05) is 19.1 Å².